The summed E-state index contributed by atoms with van der Waals surface area (Å²) in [6.07, 6.45) is 0. The number of halogens is 2. The minimum absolute atomic E-state index is 0.0406. The highest BCUT2D eigenvalue weighted by Crippen LogP contribution is 2.23. The first kappa shape index (κ1) is 11.9. The molecular formula is C8H7ClFNO3S. The SMILES string of the molecule is Cc1c(C(N)=O)cc(F)cc1S(=O)(=O)Cl. The smallest absolute Gasteiger partial charge is 0.261 e. The van der Waals surface area contributed by atoms with E-state index < -0.39 is 25.7 Å². The van der Waals surface area contributed by atoms with Gasteiger partial charge in [0.05, 0.1) is 4.90 Å². The minimum Gasteiger partial charge on any atom is -0.366 e. The lowest BCUT2D eigenvalue weighted by Crippen LogP contribution is -2.14. The van der Waals surface area contributed by atoms with Crippen molar-refractivity contribution in [1.29, 1.82) is 0 Å². The lowest BCUT2D eigenvalue weighted by Gasteiger charge is -2.06. The van der Waals surface area contributed by atoms with Crippen LogP contribution in [0.5, 0.6) is 0 Å². The number of rotatable bonds is 2. The molecule has 15 heavy (non-hydrogen) atoms. The monoisotopic (exact) mass is 251 g/mol. The predicted octanol–water partition coefficient (Wildman–Crippen LogP) is 1.16. The summed E-state index contributed by atoms with van der Waals surface area (Å²) in [6, 6.07) is 1.60. The molecule has 0 bridgehead atoms. The van der Waals surface area contributed by atoms with Crippen molar-refractivity contribution in [2.45, 2.75) is 11.8 Å². The summed E-state index contributed by atoms with van der Waals surface area (Å²) in [4.78, 5) is 10.4. The normalized spacial score (nSPS) is 11.4. The molecule has 82 valence electrons. The highest BCUT2D eigenvalue weighted by Gasteiger charge is 2.19. The molecule has 0 spiro atoms. The van der Waals surface area contributed by atoms with Crippen LogP contribution in [0.25, 0.3) is 0 Å². The van der Waals surface area contributed by atoms with Gasteiger partial charge in [-0.1, -0.05) is 0 Å². The van der Waals surface area contributed by atoms with Gasteiger partial charge in [-0.3, -0.25) is 4.79 Å². The summed E-state index contributed by atoms with van der Waals surface area (Å²) in [5, 5.41) is 0. The third-order valence-electron chi connectivity index (χ3n) is 1.85. The van der Waals surface area contributed by atoms with Gasteiger partial charge >= 0.3 is 0 Å². The lowest BCUT2D eigenvalue weighted by atomic mass is 10.1. The van der Waals surface area contributed by atoms with Gasteiger partial charge in [0.15, 0.2) is 0 Å². The fourth-order valence-electron chi connectivity index (χ4n) is 1.16. The molecule has 0 fully saturated rings. The lowest BCUT2D eigenvalue weighted by molar-refractivity contribution is 0.0999. The zero-order chi connectivity index (χ0) is 11.8. The number of benzene rings is 1. The first-order chi connectivity index (χ1) is 6.73. The van der Waals surface area contributed by atoms with E-state index in [2.05, 4.69) is 0 Å². The number of carbonyl (C=O) groups excluding carboxylic acids is 1. The molecule has 0 aliphatic rings. The summed E-state index contributed by atoms with van der Waals surface area (Å²) < 4.78 is 35.0. The Labute approximate surface area is 90.3 Å². The maximum absolute atomic E-state index is 13.0. The number of carbonyl (C=O) groups is 1. The molecular weight excluding hydrogens is 245 g/mol. The van der Waals surface area contributed by atoms with Gasteiger partial charge in [0.1, 0.15) is 5.82 Å². The average Bonchev–Trinajstić information content (AvgIpc) is 2.06. The van der Waals surface area contributed by atoms with Crippen LogP contribution in [-0.2, 0) is 9.05 Å². The van der Waals surface area contributed by atoms with Crippen molar-refractivity contribution in [3.05, 3.63) is 29.1 Å². The van der Waals surface area contributed by atoms with E-state index in [-0.39, 0.29) is 11.1 Å². The van der Waals surface area contributed by atoms with Crippen molar-refractivity contribution < 1.29 is 17.6 Å². The number of nitrogens with two attached hydrogens (primary N) is 1. The summed E-state index contributed by atoms with van der Waals surface area (Å²) in [5.41, 5.74) is 4.79. The first-order valence-corrected chi connectivity index (χ1v) is 6.09. The Hall–Kier alpha value is -1.14. The van der Waals surface area contributed by atoms with E-state index in [9.17, 15) is 17.6 Å². The molecule has 0 unspecified atom stereocenters. The van der Waals surface area contributed by atoms with Crippen molar-refractivity contribution >= 4 is 25.6 Å². The Bertz CT molecular complexity index is 527. The largest absolute Gasteiger partial charge is 0.366 e. The van der Waals surface area contributed by atoms with Crippen LogP contribution in [-0.4, -0.2) is 14.3 Å². The van der Waals surface area contributed by atoms with E-state index in [1.54, 1.807) is 0 Å². The fourth-order valence-corrected chi connectivity index (χ4v) is 2.37. The molecule has 1 amide bonds. The molecule has 0 aliphatic carbocycles. The number of amides is 1. The molecule has 0 heterocycles. The molecule has 1 aromatic carbocycles. The first-order valence-electron chi connectivity index (χ1n) is 3.78. The summed E-state index contributed by atoms with van der Waals surface area (Å²) in [7, 11) is 0.978. The molecule has 0 saturated carbocycles. The van der Waals surface area contributed by atoms with Crippen LogP contribution in [0.15, 0.2) is 17.0 Å². The second kappa shape index (κ2) is 3.79. The fraction of sp³-hybridized carbons (Fsp3) is 0.125. The van der Waals surface area contributed by atoms with Crippen molar-refractivity contribution in [1.82, 2.24) is 0 Å². The van der Waals surface area contributed by atoms with Crippen LogP contribution in [0.4, 0.5) is 4.39 Å². The van der Waals surface area contributed by atoms with Crippen LogP contribution in [0.3, 0.4) is 0 Å². The maximum Gasteiger partial charge on any atom is 0.261 e. The molecule has 0 atom stereocenters. The molecule has 0 radical (unpaired) electrons. The van der Waals surface area contributed by atoms with Crippen LogP contribution < -0.4 is 5.73 Å². The minimum atomic E-state index is -4.09. The van der Waals surface area contributed by atoms with Gasteiger partial charge in [0, 0.05) is 16.2 Å². The molecule has 2 N–H and O–H groups in total. The van der Waals surface area contributed by atoms with E-state index in [1.807, 2.05) is 0 Å². The van der Waals surface area contributed by atoms with Crippen molar-refractivity contribution in [3.63, 3.8) is 0 Å². The van der Waals surface area contributed by atoms with Gasteiger partial charge in [-0.15, -0.1) is 0 Å². The summed E-state index contributed by atoms with van der Waals surface area (Å²) in [6.45, 7) is 1.33. The third-order valence-corrected chi connectivity index (χ3v) is 3.30. The van der Waals surface area contributed by atoms with Gasteiger partial charge in [-0.05, 0) is 24.6 Å². The van der Waals surface area contributed by atoms with Gasteiger partial charge < -0.3 is 5.73 Å². The van der Waals surface area contributed by atoms with Gasteiger partial charge in [-0.25, -0.2) is 12.8 Å². The number of hydrogen-bond acceptors (Lipinski definition) is 3. The van der Waals surface area contributed by atoms with E-state index in [1.165, 1.54) is 6.92 Å². The van der Waals surface area contributed by atoms with Gasteiger partial charge in [0.25, 0.3) is 9.05 Å². The summed E-state index contributed by atoms with van der Waals surface area (Å²) >= 11 is 0. The Balaban J connectivity index is 3.63. The highest BCUT2D eigenvalue weighted by molar-refractivity contribution is 8.13. The van der Waals surface area contributed by atoms with Gasteiger partial charge in [0.2, 0.25) is 5.91 Å². The Morgan fingerprint density at radius 2 is 2.00 bits per heavy atom. The maximum atomic E-state index is 13.0. The standard InChI is InChI=1S/C8H7ClFNO3S/c1-4-6(8(11)12)2-5(10)3-7(4)15(9,13)14/h2-3H,1H3,(H2,11,12). The van der Waals surface area contributed by atoms with Crippen molar-refractivity contribution in [2.24, 2.45) is 5.73 Å². The van der Waals surface area contributed by atoms with Gasteiger partial charge in [-0.2, -0.15) is 0 Å². The van der Waals surface area contributed by atoms with Crippen molar-refractivity contribution in [3.8, 4) is 0 Å². The third kappa shape index (κ3) is 2.45. The zero-order valence-corrected chi connectivity index (χ0v) is 9.19. The zero-order valence-electron chi connectivity index (χ0n) is 7.62. The molecule has 1 aromatic rings. The Kier molecular flexibility index (Phi) is 3.01. The molecule has 0 saturated heterocycles. The van der Waals surface area contributed by atoms with E-state index in [4.69, 9.17) is 16.4 Å². The van der Waals surface area contributed by atoms with E-state index >= 15 is 0 Å². The van der Waals surface area contributed by atoms with E-state index in [0.717, 1.165) is 12.1 Å². The molecule has 7 heteroatoms. The topological polar surface area (TPSA) is 77.2 Å². The molecule has 0 aromatic heterocycles. The summed E-state index contributed by atoms with van der Waals surface area (Å²) in [5.74, 6) is -1.79. The number of primary amides is 1. The molecule has 0 aliphatic heterocycles. The molecule has 1 rings (SSSR count). The van der Waals surface area contributed by atoms with Crippen LogP contribution >= 0.6 is 10.7 Å². The Morgan fingerprint density at radius 1 is 1.47 bits per heavy atom. The second-order valence-corrected chi connectivity index (χ2v) is 5.41. The van der Waals surface area contributed by atoms with Crippen molar-refractivity contribution in [2.75, 3.05) is 0 Å². The highest BCUT2D eigenvalue weighted by atomic mass is 35.7. The predicted molar refractivity (Wildman–Crippen MR) is 52.7 cm³/mol. The second-order valence-electron chi connectivity index (χ2n) is 2.88. The van der Waals surface area contributed by atoms with Crippen LogP contribution in [0, 0.1) is 12.7 Å². The quantitative estimate of drug-likeness (QED) is 0.802. The van der Waals surface area contributed by atoms with Crippen LogP contribution in [0.1, 0.15) is 15.9 Å². The average molecular weight is 252 g/mol. The number of hydrogen-bond donors (Lipinski definition) is 1. The Morgan fingerprint density at radius 3 is 2.40 bits per heavy atom. The van der Waals surface area contributed by atoms with Crippen LogP contribution in [0.2, 0.25) is 0 Å². The van der Waals surface area contributed by atoms with E-state index in [0.29, 0.717) is 0 Å². The molecule has 4 nitrogen and oxygen atoms in total.